The molecule has 16 heavy (non-hydrogen) atoms. The molecule has 0 saturated heterocycles. The van der Waals surface area contributed by atoms with Crippen molar-refractivity contribution >= 4 is 11.3 Å². The van der Waals surface area contributed by atoms with E-state index in [1.807, 2.05) is 17.6 Å². The Balaban J connectivity index is 1.66. The number of nitrogens with one attached hydrogen (secondary N) is 1. The van der Waals surface area contributed by atoms with E-state index in [1.165, 1.54) is 0 Å². The van der Waals surface area contributed by atoms with E-state index < -0.39 is 0 Å². The lowest BCUT2D eigenvalue weighted by Crippen LogP contribution is -2.26. The minimum absolute atomic E-state index is 0.479. The summed E-state index contributed by atoms with van der Waals surface area (Å²) in [4.78, 5) is 4.24. The van der Waals surface area contributed by atoms with Crippen molar-refractivity contribution in [3.8, 4) is 0 Å². The molecular formula is C12H16N2OS. The van der Waals surface area contributed by atoms with Crippen molar-refractivity contribution in [2.75, 3.05) is 0 Å². The summed E-state index contributed by atoms with van der Waals surface area (Å²) in [7, 11) is 0. The topological polar surface area (TPSA) is 38.1 Å². The van der Waals surface area contributed by atoms with E-state index in [2.05, 4.69) is 22.6 Å². The SMILES string of the molecule is CC(CCc1ccco1)NCc1cscn1. The first kappa shape index (κ1) is 11.4. The van der Waals surface area contributed by atoms with Crippen LogP contribution in [-0.4, -0.2) is 11.0 Å². The normalized spacial score (nSPS) is 12.8. The van der Waals surface area contributed by atoms with Gasteiger partial charge >= 0.3 is 0 Å². The number of aromatic nitrogens is 1. The highest BCUT2D eigenvalue weighted by atomic mass is 32.1. The summed E-state index contributed by atoms with van der Waals surface area (Å²) in [5, 5.41) is 5.53. The lowest BCUT2D eigenvalue weighted by molar-refractivity contribution is 0.458. The van der Waals surface area contributed by atoms with Crippen LogP contribution >= 0.6 is 11.3 Å². The molecule has 1 N–H and O–H groups in total. The molecule has 0 saturated carbocycles. The quantitative estimate of drug-likeness (QED) is 0.838. The molecule has 2 aromatic heterocycles. The summed E-state index contributed by atoms with van der Waals surface area (Å²) in [6.07, 6.45) is 3.79. The second-order valence-electron chi connectivity index (χ2n) is 3.88. The summed E-state index contributed by atoms with van der Waals surface area (Å²) >= 11 is 1.64. The van der Waals surface area contributed by atoms with E-state index >= 15 is 0 Å². The van der Waals surface area contributed by atoms with Crippen LogP contribution in [0.4, 0.5) is 0 Å². The summed E-state index contributed by atoms with van der Waals surface area (Å²) in [5.74, 6) is 1.06. The highest BCUT2D eigenvalue weighted by Crippen LogP contribution is 2.06. The monoisotopic (exact) mass is 236 g/mol. The number of nitrogens with zero attached hydrogens (tertiary/aromatic N) is 1. The predicted octanol–water partition coefficient (Wildman–Crippen LogP) is 2.85. The molecule has 0 spiro atoms. The molecule has 0 aliphatic rings. The molecule has 4 heteroatoms. The fourth-order valence-corrected chi connectivity index (χ4v) is 2.08. The van der Waals surface area contributed by atoms with Gasteiger partial charge in [0.05, 0.1) is 17.5 Å². The van der Waals surface area contributed by atoms with Gasteiger partial charge in [-0.25, -0.2) is 4.98 Å². The van der Waals surface area contributed by atoms with Gasteiger partial charge in [0.25, 0.3) is 0 Å². The van der Waals surface area contributed by atoms with Crippen molar-refractivity contribution in [1.29, 1.82) is 0 Å². The van der Waals surface area contributed by atoms with Gasteiger partial charge in [-0.05, 0) is 25.5 Å². The Labute approximate surface area is 99.5 Å². The van der Waals surface area contributed by atoms with Crippen LogP contribution in [0.3, 0.4) is 0 Å². The van der Waals surface area contributed by atoms with E-state index in [0.29, 0.717) is 6.04 Å². The highest BCUT2D eigenvalue weighted by Gasteiger charge is 2.04. The average Bonchev–Trinajstić information content (AvgIpc) is 2.96. The van der Waals surface area contributed by atoms with Gasteiger partial charge in [0.15, 0.2) is 0 Å². The summed E-state index contributed by atoms with van der Waals surface area (Å²) in [6.45, 7) is 3.04. The van der Waals surface area contributed by atoms with Crippen LogP contribution in [0.25, 0.3) is 0 Å². The van der Waals surface area contributed by atoms with Crippen LogP contribution in [0.15, 0.2) is 33.7 Å². The summed E-state index contributed by atoms with van der Waals surface area (Å²) in [6, 6.07) is 4.43. The minimum atomic E-state index is 0.479. The third-order valence-electron chi connectivity index (χ3n) is 2.52. The van der Waals surface area contributed by atoms with Gasteiger partial charge in [-0.15, -0.1) is 11.3 Å². The Bertz CT molecular complexity index is 345. The van der Waals surface area contributed by atoms with Gasteiger partial charge < -0.3 is 9.73 Å². The number of furan rings is 1. The van der Waals surface area contributed by atoms with E-state index in [1.54, 1.807) is 17.6 Å². The number of hydrogen-bond acceptors (Lipinski definition) is 4. The number of hydrogen-bond donors (Lipinski definition) is 1. The Hall–Kier alpha value is -1.13. The predicted molar refractivity (Wildman–Crippen MR) is 65.4 cm³/mol. The standard InChI is InChI=1S/C12H16N2OS/c1-10(4-5-12-3-2-6-15-12)13-7-11-8-16-9-14-11/h2-3,6,8-10,13H,4-5,7H2,1H3. The molecule has 1 unspecified atom stereocenters. The molecule has 0 bridgehead atoms. The highest BCUT2D eigenvalue weighted by molar-refractivity contribution is 7.07. The molecule has 0 aliphatic heterocycles. The van der Waals surface area contributed by atoms with E-state index in [0.717, 1.165) is 30.8 Å². The zero-order valence-electron chi connectivity index (χ0n) is 9.35. The van der Waals surface area contributed by atoms with E-state index in [4.69, 9.17) is 4.42 Å². The molecule has 0 aliphatic carbocycles. The minimum Gasteiger partial charge on any atom is -0.469 e. The van der Waals surface area contributed by atoms with Gasteiger partial charge in [0, 0.05) is 24.4 Å². The molecule has 3 nitrogen and oxygen atoms in total. The Morgan fingerprint density at radius 1 is 1.56 bits per heavy atom. The first-order chi connectivity index (χ1) is 7.84. The zero-order chi connectivity index (χ0) is 11.2. The lowest BCUT2D eigenvalue weighted by atomic mass is 10.1. The van der Waals surface area contributed by atoms with Crippen molar-refractivity contribution in [2.45, 2.75) is 32.4 Å². The maximum atomic E-state index is 5.30. The number of rotatable bonds is 6. The maximum Gasteiger partial charge on any atom is 0.103 e. The van der Waals surface area contributed by atoms with Crippen molar-refractivity contribution in [3.05, 3.63) is 40.7 Å². The molecule has 1 atom stereocenters. The van der Waals surface area contributed by atoms with Gasteiger partial charge in [-0.3, -0.25) is 0 Å². The first-order valence-corrected chi connectivity index (χ1v) is 6.41. The van der Waals surface area contributed by atoms with Crippen molar-refractivity contribution < 1.29 is 4.42 Å². The fraction of sp³-hybridized carbons (Fsp3) is 0.417. The van der Waals surface area contributed by atoms with Crippen molar-refractivity contribution in [1.82, 2.24) is 10.3 Å². The van der Waals surface area contributed by atoms with Crippen LogP contribution in [-0.2, 0) is 13.0 Å². The maximum absolute atomic E-state index is 5.30. The van der Waals surface area contributed by atoms with E-state index in [-0.39, 0.29) is 0 Å². The van der Waals surface area contributed by atoms with Crippen LogP contribution in [0.2, 0.25) is 0 Å². The lowest BCUT2D eigenvalue weighted by Gasteiger charge is -2.11. The molecule has 0 fully saturated rings. The second-order valence-corrected chi connectivity index (χ2v) is 4.60. The van der Waals surface area contributed by atoms with Gasteiger partial charge in [-0.1, -0.05) is 0 Å². The third kappa shape index (κ3) is 3.47. The Morgan fingerprint density at radius 2 is 2.50 bits per heavy atom. The summed E-state index contributed by atoms with van der Waals surface area (Å²) in [5.41, 5.74) is 2.99. The summed E-state index contributed by atoms with van der Waals surface area (Å²) < 4.78 is 5.30. The van der Waals surface area contributed by atoms with Crippen LogP contribution < -0.4 is 5.32 Å². The molecular weight excluding hydrogens is 220 g/mol. The molecule has 2 rings (SSSR count). The average molecular weight is 236 g/mol. The number of thiazole rings is 1. The number of aryl methyl sites for hydroxylation is 1. The molecule has 2 aromatic rings. The smallest absolute Gasteiger partial charge is 0.103 e. The zero-order valence-corrected chi connectivity index (χ0v) is 10.2. The largest absolute Gasteiger partial charge is 0.469 e. The molecule has 0 radical (unpaired) electrons. The van der Waals surface area contributed by atoms with Crippen molar-refractivity contribution in [3.63, 3.8) is 0 Å². The fourth-order valence-electron chi connectivity index (χ4n) is 1.52. The molecule has 86 valence electrons. The molecule has 2 heterocycles. The van der Waals surface area contributed by atoms with Gasteiger partial charge in [0.1, 0.15) is 5.76 Å². The van der Waals surface area contributed by atoms with Crippen molar-refractivity contribution in [2.24, 2.45) is 0 Å². The van der Waals surface area contributed by atoms with Crippen LogP contribution in [0.1, 0.15) is 24.8 Å². The van der Waals surface area contributed by atoms with Gasteiger partial charge in [-0.2, -0.15) is 0 Å². The molecule has 0 aromatic carbocycles. The Morgan fingerprint density at radius 3 is 3.19 bits per heavy atom. The third-order valence-corrected chi connectivity index (χ3v) is 3.15. The first-order valence-electron chi connectivity index (χ1n) is 5.47. The second kappa shape index (κ2) is 5.82. The Kier molecular flexibility index (Phi) is 4.13. The van der Waals surface area contributed by atoms with Crippen LogP contribution in [0.5, 0.6) is 0 Å². The van der Waals surface area contributed by atoms with Gasteiger partial charge in [0.2, 0.25) is 0 Å². The van der Waals surface area contributed by atoms with Crippen LogP contribution in [0, 0.1) is 0 Å². The molecule has 0 amide bonds. The van der Waals surface area contributed by atoms with E-state index in [9.17, 15) is 0 Å².